The average Bonchev–Trinajstić information content (AvgIpc) is 3.04. The maximum Gasteiger partial charge on any atom is 0.251 e. The summed E-state index contributed by atoms with van der Waals surface area (Å²) < 4.78 is 59.1. The Morgan fingerprint density at radius 3 is 2.56 bits per heavy atom. The first kappa shape index (κ1) is 18.0. The summed E-state index contributed by atoms with van der Waals surface area (Å²) in [5.41, 5.74) is 1.51. The van der Waals surface area contributed by atoms with E-state index in [2.05, 4.69) is 4.98 Å². The van der Waals surface area contributed by atoms with E-state index >= 15 is 0 Å². The highest BCUT2D eigenvalue weighted by Gasteiger charge is 2.32. The van der Waals surface area contributed by atoms with Gasteiger partial charge >= 0.3 is 0 Å². The molecule has 3 aromatic rings. The van der Waals surface area contributed by atoms with Gasteiger partial charge in [-0.25, -0.2) is 22.2 Å². The fourth-order valence-corrected chi connectivity index (χ4v) is 4.74. The second-order valence-corrected chi connectivity index (χ2v) is 8.39. The van der Waals surface area contributed by atoms with Crippen LogP contribution in [0.15, 0.2) is 51.8 Å². The number of nitrogens with one attached hydrogen (secondary N) is 1. The van der Waals surface area contributed by atoms with Crippen LogP contribution < -0.4 is 4.90 Å². The predicted octanol–water partition coefficient (Wildman–Crippen LogP) is 1.20. The number of fused-ring (bicyclic) bond motifs is 1. The zero-order valence-corrected chi connectivity index (χ0v) is 15.2. The van der Waals surface area contributed by atoms with Crippen molar-refractivity contribution < 1.29 is 26.5 Å². The zero-order valence-electron chi connectivity index (χ0n) is 14.4. The van der Waals surface area contributed by atoms with Crippen LogP contribution in [0.1, 0.15) is 5.89 Å². The lowest BCUT2D eigenvalue weighted by Gasteiger charge is -2.30. The van der Waals surface area contributed by atoms with Crippen LogP contribution in [-0.4, -0.2) is 43.9 Å². The molecule has 0 bridgehead atoms. The molecule has 27 heavy (non-hydrogen) atoms. The van der Waals surface area contributed by atoms with Gasteiger partial charge in [-0.05, 0) is 24.3 Å². The van der Waals surface area contributed by atoms with Gasteiger partial charge in [0.25, 0.3) is 5.89 Å². The van der Waals surface area contributed by atoms with E-state index in [4.69, 9.17) is 4.42 Å². The summed E-state index contributed by atoms with van der Waals surface area (Å²) in [6, 6.07) is 9.99. The number of quaternary nitrogens is 1. The Balaban J connectivity index is 1.43. The Hall–Kier alpha value is -2.36. The van der Waals surface area contributed by atoms with Gasteiger partial charge in [0.05, 0.1) is 26.2 Å². The molecule has 0 saturated carbocycles. The Kier molecular flexibility index (Phi) is 4.67. The van der Waals surface area contributed by atoms with Crippen molar-refractivity contribution in [3.8, 4) is 0 Å². The van der Waals surface area contributed by atoms with Gasteiger partial charge in [-0.1, -0.05) is 12.1 Å². The van der Waals surface area contributed by atoms with Crippen LogP contribution in [0, 0.1) is 11.6 Å². The minimum Gasteiger partial charge on any atom is -0.435 e. The summed E-state index contributed by atoms with van der Waals surface area (Å²) >= 11 is 0. The topological polar surface area (TPSA) is 67.8 Å². The van der Waals surface area contributed by atoms with Crippen molar-refractivity contribution in [3.63, 3.8) is 0 Å². The van der Waals surface area contributed by atoms with Crippen molar-refractivity contribution in [1.29, 1.82) is 0 Å². The molecule has 0 spiro atoms. The number of aromatic nitrogens is 1. The number of oxazole rings is 1. The number of piperazine rings is 1. The Morgan fingerprint density at radius 2 is 1.85 bits per heavy atom. The minimum absolute atomic E-state index is 0.245. The van der Waals surface area contributed by atoms with Crippen LogP contribution in [-0.2, 0) is 16.6 Å². The smallest absolute Gasteiger partial charge is 0.251 e. The molecule has 0 atom stereocenters. The van der Waals surface area contributed by atoms with E-state index in [1.165, 1.54) is 4.31 Å². The van der Waals surface area contributed by atoms with Crippen LogP contribution in [0.4, 0.5) is 8.78 Å². The van der Waals surface area contributed by atoms with Gasteiger partial charge in [0.15, 0.2) is 12.1 Å². The zero-order chi connectivity index (χ0) is 19.0. The SMILES string of the molecule is O=S(=O)(c1ccc(F)cc1F)N1CC[NH+](Cc2nc3ccccc3o2)CC1. The molecule has 9 heteroatoms. The Bertz CT molecular complexity index is 1040. The molecule has 4 rings (SSSR count). The lowest BCUT2D eigenvalue weighted by Crippen LogP contribution is -3.13. The highest BCUT2D eigenvalue weighted by atomic mass is 32.2. The molecular formula is C18H18F2N3O3S+. The van der Waals surface area contributed by atoms with Crippen LogP contribution >= 0.6 is 0 Å². The van der Waals surface area contributed by atoms with E-state index in [-0.39, 0.29) is 13.1 Å². The van der Waals surface area contributed by atoms with Gasteiger partial charge in [0, 0.05) is 6.07 Å². The molecule has 2 aromatic carbocycles. The summed E-state index contributed by atoms with van der Waals surface area (Å²) in [5, 5.41) is 0. The molecule has 6 nitrogen and oxygen atoms in total. The highest BCUT2D eigenvalue weighted by Crippen LogP contribution is 2.20. The highest BCUT2D eigenvalue weighted by molar-refractivity contribution is 7.89. The third-order valence-electron chi connectivity index (χ3n) is 4.68. The van der Waals surface area contributed by atoms with Crippen LogP contribution in [0.25, 0.3) is 11.1 Å². The number of hydrogen-bond acceptors (Lipinski definition) is 4. The fraction of sp³-hybridized carbons (Fsp3) is 0.278. The summed E-state index contributed by atoms with van der Waals surface area (Å²) in [5.74, 6) is -1.28. The van der Waals surface area contributed by atoms with Crippen LogP contribution in [0.2, 0.25) is 0 Å². The standard InChI is InChI=1S/C18H17F2N3O3S/c19-13-5-6-17(14(20)11-13)27(24,25)23-9-7-22(8-10-23)12-18-21-15-3-1-2-4-16(15)26-18/h1-6,11H,7-10,12H2/p+1. The first-order valence-corrected chi connectivity index (χ1v) is 10.0. The third kappa shape index (κ3) is 3.58. The first-order chi connectivity index (χ1) is 12.9. The average molecular weight is 394 g/mol. The molecule has 1 aromatic heterocycles. The molecule has 1 aliphatic heterocycles. The number of halogens is 2. The van der Waals surface area contributed by atoms with E-state index in [9.17, 15) is 17.2 Å². The molecular weight excluding hydrogens is 376 g/mol. The van der Waals surface area contributed by atoms with Crippen molar-refractivity contribution >= 4 is 21.1 Å². The number of nitrogens with zero attached hydrogens (tertiary/aromatic N) is 2. The molecule has 0 aliphatic carbocycles. The lowest BCUT2D eigenvalue weighted by atomic mass is 10.3. The lowest BCUT2D eigenvalue weighted by molar-refractivity contribution is -0.918. The predicted molar refractivity (Wildman–Crippen MR) is 93.5 cm³/mol. The molecule has 1 aliphatic rings. The van der Waals surface area contributed by atoms with E-state index < -0.39 is 26.6 Å². The van der Waals surface area contributed by atoms with E-state index in [1.807, 2.05) is 24.3 Å². The molecule has 0 radical (unpaired) electrons. The summed E-state index contributed by atoms with van der Waals surface area (Å²) in [6.07, 6.45) is 0. The van der Waals surface area contributed by atoms with Crippen molar-refractivity contribution in [3.05, 3.63) is 60.0 Å². The van der Waals surface area contributed by atoms with E-state index in [0.717, 1.165) is 28.1 Å². The maximum atomic E-state index is 13.9. The summed E-state index contributed by atoms with van der Waals surface area (Å²) in [7, 11) is -3.99. The van der Waals surface area contributed by atoms with Gasteiger partial charge in [-0.15, -0.1) is 0 Å². The second kappa shape index (κ2) is 6.99. The van der Waals surface area contributed by atoms with Crippen molar-refractivity contribution in [2.75, 3.05) is 26.2 Å². The van der Waals surface area contributed by atoms with Gasteiger partial charge < -0.3 is 9.32 Å². The molecule has 0 amide bonds. The first-order valence-electron chi connectivity index (χ1n) is 8.57. The third-order valence-corrected chi connectivity index (χ3v) is 6.61. The molecule has 142 valence electrons. The van der Waals surface area contributed by atoms with Gasteiger partial charge in [0.2, 0.25) is 10.0 Å². The van der Waals surface area contributed by atoms with Crippen LogP contribution in [0.5, 0.6) is 0 Å². The van der Waals surface area contributed by atoms with E-state index in [1.54, 1.807) is 0 Å². The number of sulfonamides is 1. The molecule has 1 N–H and O–H groups in total. The van der Waals surface area contributed by atoms with Gasteiger partial charge in [0.1, 0.15) is 22.0 Å². The molecule has 1 saturated heterocycles. The van der Waals surface area contributed by atoms with Crippen molar-refractivity contribution in [2.24, 2.45) is 0 Å². The Labute approximate surface area is 155 Å². The number of hydrogen-bond donors (Lipinski definition) is 1. The molecule has 2 heterocycles. The van der Waals surface area contributed by atoms with Crippen molar-refractivity contribution in [2.45, 2.75) is 11.4 Å². The van der Waals surface area contributed by atoms with Crippen LogP contribution in [0.3, 0.4) is 0 Å². The maximum absolute atomic E-state index is 13.9. The quantitative estimate of drug-likeness (QED) is 0.722. The summed E-state index contributed by atoms with van der Waals surface area (Å²) in [4.78, 5) is 5.08. The molecule has 0 unspecified atom stereocenters. The van der Waals surface area contributed by atoms with Crippen molar-refractivity contribution in [1.82, 2.24) is 9.29 Å². The normalized spacial score (nSPS) is 16.8. The molecule has 1 fully saturated rings. The number of benzene rings is 2. The fourth-order valence-electron chi connectivity index (χ4n) is 3.25. The monoisotopic (exact) mass is 394 g/mol. The van der Waals surface area contributed by atoms with E-state index in [0.29, 0.717) is 31.6 Å². The summed E-state index contributed by atoms with van der Waals surface area (Å²) in [6.45, 7) is 2.12. The minimum atomic E-state index is -3.99. The van der Waals surface area contributed by atoms with Gasteiger partial charge in [-0.3, -0.25) is 0 Å². The second-order valence-electron chi connectivity index (χ2n) is 6.48. The largest absolute Gasteiger partial charge is 0.435 e. The number of rotatable bonds is 4. The Morgan fingerprint density at radius 1 is 1.11 bits per heavy atom. The number of para-hydroxylation sites is 2. The van der Waals surface area contributed by atoms with Gasteiger partial charge in [-0.2, -0.15) is 4.31 Å².